The lowest BCUT2D eigenvalue weighted by Crippen LogP contribution is -2.32. The van der Waals surface area contributed by atoms with E-state index in [0.29, 0.717) is 11.7 Å². The third kappa shape index (κ3) is 2.87. The van der Waals surface area contributed by atoms with Gasteiger partial charge in [0.15, 0.2) is 0 Å². The van der Waals surface area contributed by atoms with E-state index in [9.17, 15) is 10.1 Å². The second-order valence-corrected chi connectivity index (χ2v) is 4.04. The maximum atomic E-state index is 10.6. The van der Waals surface area contributed by atoms with Gasteiger partial charge in [0.25, 0.3) is 5.69 Å². The summed E-state index contributed by atoms with van der Waals surface area (Å²) in [7, 11) is 0. The Balaban J connectivity index is 3.09. The van der Waals surface area contributed by atoms with Crippen molar-refractivity contribution in [2.24, 2.45) is 0 Å². The van der Waals surface area contributed by atoms with Crippen LogP contribution in [0.3, 0.4) is 0 Å². The summed E-state index contributed by atoms with van der Waals surface area (Å²) in [5, 5.41) is 10.6. The van der Waals surface area contributed by atoms with Crippen LogP contribution in [-0.2, 0) is 0 Å². The number of benzene rings is 1. The van der Waals surface area contributed by atoms with Crippen molar-refractivity contribution in [1.82, 2.24) is 0 Å². The molecule has 5 nitrogen and oxygen atoms in total. The smallest absolute Gasteiger partial charge is 0.271 e. The van der Waals surface area contributed by atoms with Gasteiger partial charge in [0, 0.05) is 24.7 Å². The maximum absolute atomic E-state index is 10.6. The van der Waals surface area contributed by atoms with E-state index in [2.05, 4.69) is 18.7 Å². The van der Waals surface area contributed by atoms with Crippen LogP contribution in [0.2, 0.25) is 0 Å². The second-order valence-electron chi connectivity index (χ2n) is 4.04. The number of nitrogen functional groups attached to an aromatic ring is 1. The minimum atomic E-state index is -0.431. The third-order valence-electron chi connectivity index (χ3n) is 2.99. The van der Waals surface area contributed by atoms with Gasteiger partial charge < -0.3 is 10.6 Å². The molecule has 5 heteroatoms. The molecule has 0 aliphatic rings. The number of nitro benzene ring substituents is 1. The van der Waals surface area contributed by atoms with Crippen molar-refractivity contribution in [3.05, 3.63) is 28.3 Å². The summed E-state index contributed by atoms with van der Waals surface area (Å²) in [6, 6.07) is 5.00. The number of nitrogens with two attached hydrogens (primary N) is 1. The zero-order valence-corrected chi connectivity index (χ0v) is 10.5. The number of nitro groups is 1. The van der Waals surface area contributed by atoms with Gasteiger partial charge in [-0.1, -0.05) is 6.92 Å². The Kier molecular flexibility index (Phi) is 4.31. The lowest BCUT2D eigenvalue weighted by molar-refractivity contribution is -0.384. The molecule has 2 N–H and O–H groups in total. The van der Waals surface area contributed by atoms with Crippen molar-refractivity contribution in [2.75, 3.05) is 17.2 Å². The highest BCUT2D eigenvalue weighted by Gasteiger charge is 2.16. The number of non-ortho nitro benzene ring substituents is 1. The predicted molar refractivity (Wildman–Crippen MR) is 70.3 cm³/mol. The SMILES string of the molecule is CCC(C)N(CC)c1ccc([N+](=O)[O-])cc1N. The summed E-state index contributed by atoms with van der Waals surface area (Å²) in [5.74, 6) is 0. The molecule has 1 rings (SSSR count). The van der Waals surface area contributed by atoms with E-state index in [1.165, 1.54) is 12.1 Å². The molecule has 1 aromatic rings. The van der Waals surface area contributed by atoms with Crippen LogP contribution in [-0.4, -0.2) is 17.5 Å². The molecule has 0 radical (unpaired) electrons. The van der Waals surface area contributed by atoms with Crippen molar-refractivity contribution in [2.45, 2.75) is 33.2 Å². The first-order valence-electron chi connectivity index (χ1n) is 5.81. The molecule has 94 valence electrons. The number of anilines is 2. The van der Waals surface area contributed by atoms with E-state index in [4.69, 9.17) is 5.73 Å². The van der Waals surface area contributed by atoms with Gasteiger partial charge >= 0.3 is 0 Å². The average molecular weight is 237 g/mol. The average Bonchev–Trinajstić information content (AvgIpc) is 2.31. The third-order valence-corrected chi connectivity index (χ3v) is 2.99. The van der Waals surface area contributed by atoms with Crippen LogP contribution in [0.4, 0.5) is 17.1 Å². The normalized spacial score (nSPS) is 12.2. The summed E-state index contributed by atoms with van der Waals surface area (Å²) in [5.41, 5.74) is 7.24. The number of rotatable bonds is 5. The molecule has 0 spiro atoms. The van der Waals surface area contributed by atoms with E-state index in [1.807, 2.05) is 6.92 Å². The fourth-order valence-corrected chi connectivity index (χ4v) is 1.86. The van der Waals surface area contributed by atoms with Gasteiger partial charge in [-0.3, -0.25) is 10.1 Å². The maximum Gasteiger partial charge on any atom is 0.271 e. The van der Waals surface area contributed by atoms with E-state index in [0.717, 1.165) is 18.7 Å². The lowest BCUT2D eigenvalue weighted by atomic mass is 10.1. The van der Waals surface area contributed by atoms with E-state index < -0.39 is 4.92 Å². The summed E-state index contributed by atoms with van der Waals surface area (Å²) < 4.78 is 0. The van der Waals surface area contributed by atoms with E-state index >= 15 is 0 Å². The molecule has 1 aromatic carbocycles. The molecule has 0 aliphatic carbocycles. The Morgan fingerprint density at radius 1 is 1.47 bits per heavy atom. The van der Waals surface area contributed by atoms with Gasteiger partial charge in [-0.15, -0.1) is 0 Å². The summed E-state index contributed by atoms with van der Waals surface area (Å²) >= 11 is 0. The standard InChI is InChI=1S/C12H19N3O2/c1-4-9(3)14(5-2)12-7-6-10(15(16)17)8-11(12)13/h6-9H,4-5,13H2,1-3H3. The molecule has 1 atom stereocenters. The minimum absolute atomic E-state index is 0.0338. The van der Waals surface area contributed by atoms with Gasteiger partial charge in [0.1, 0.15) is 0 Å². The van der Waals surface area contributed by atoms with Crippen molar-refractivity contribution in [1.29, 1.82) is 0 Å². The molecule has 0 fully saturated rings. The topological polar surface area (TPSA) is 72.4 Å². The van der Waals surface area contributed by atoms with Crippen molar-refractivity contribution in [3.63, 3.8) is 0 Å². The Labute approximate surface area is 101 Å². The summed E-state index contributed by atoms with van der Waals surface area (Å²) in [6.45, 7) is 7.10. The van der Waals surface area contributed by atoms with Crippen molar-refractivity contribution in [3.8, 4) is 0 Å². The molecule has 1 unspecified atom stereocenters. The van der Waals surface area contributed by atoms with Crippen LogP contribution >= 0.6 is 0 Å². The fraction of sp³-hybridized carbons (Fsp3) is 0.500. The van der Waals surface area contributed by atoms with Gasteiger partial charge in [0.05, 0.1) is 16.3 Å². The van der Waals surface area contributed by atoms with Crippen molar-refractivity contribution < 1.29 is 4.92 Å². The minimum Gasteiger partial charge on any atom is -0.397 e. The van der Waals surface area contributed by atoms with Crippen LogP contribution in [0.5, 0.6) is 0 Å². The van der Waals surface area contributed by atoms with Gasteiger partial charge in [-0.25, -0.2) is 0 Å². The monoisotopic (exact) mass is 237 g/mol. The molecular weight excluding hydrogens is 218 g/mol. The molecule has 0 bridgehead atoms. The highest BCUT2D eigenvalue weighted by molar-refractivity contribution is 5.71. The Bertz CT molecular complexity index is 407. The number of hydrogen-bond acceptors (Lipinski definition) is 4. The first-order chi connectivity index (χ1) is 8.01. The van der Waals surface area contributed by atoms with Gasteiger partial charge in [-0.05, 0) is 26.3 Å². The zero-order valence-electron chi connectivity index (χ0n) is 10.5. The Morgan fingerprint density at radius 3 is 2.53 bits per heavy atom. The van der Waals surface area contributed by atoms with Crippen LogP contribution in [0.15, 0.2) is 18.2 Å². The quantitative estimate of drug-likeness (QED) is 0.485. The summed E-state index contributed by atoms with van der Waals surface area (Å²) in [6.07, 6.45) is 1.00. The van der Waals surface area contributed by atoms with Crippen LogP contribution in [0.1, 0.15) is 27.2 Å². The van der Waals surface area contributed by atoms with Gasteiger partial charge in [-0.2, -0.15) is 0 Å². The summed E-state index contributed by atoms with van der Waals surface area (Å²) in [4.78, 5) is 12.4. The van der Waals surface area contributed by atoms with E-state index in [-0.39, 0.29) is 5.69 Å². The molecule has 0 aliphatic heterocycles. The number of nitrogens with zero attached hydrogens (tertiary/aromatic N) is 2. The van der Waals surface area contributed by atoms with Gasteiger partial charge in [0.2, 0.25) is 0 Å². The first kappa shape index (κ1) is 13.3. The molecule has 0 amide bonds. The number of hydrogen-bond donors (Lipinski definition) is 1. The molecule has 0 saturated heterocycles. The highest BCUT2D eigenvalue weighted by Crippen LogP contribution is 2.29. The Hall–Kier alpha value is -1.78. The predicted octanol–water partition coefficient (Wildman–Crippen LogP) is 2.80. The lowest BCUT2D eigenvalue weighted by Gasteiger charge is -2.30. The zero-order chi connectivity index (χ0) is 13.0. The Morgan fingerprint density at radius 2 is 2.12 bits per heavy atom. The first-order valence-corrected chi connectivity index (χ1v) is 5.81. The molecule has 0 aromatic heterocycles. The molecule has 17 heavy (non-hydrogen) atoms. The highest BCUT2D eigenvalue weighted by atomic mass is 16.6. The van der Waals surface area contributed by atoms with Crippen LogP contribution < -0.4 is 10.6 Å². The second kappa shape index (κ2) is 5.52. The fourth-order valence-electron chi connectivity index (χ4n) is 1.86. The molecular formula is C12H19N3O2. The van der Waals surface area contributed by atoms with Crippen molar-refractivity contribution >= 4 is 17.1 Å². The van der Waals surface area contributed by atoms with Crippen LogP contribution in [0.25, 0.3) is 0 Å². The van der Waals surface area contributed by atoms with Crippen LogP contribution in [0, 0.1) is 10.1 Å². The van der Waals surface area contributed by atoms with E-state index in [1.54, 1.807) is 6.07 Å². The molecule has 0 heterocycles. The largest absolute Gasteiger partial charge is 0.397 e. The molecule has 0 saturated carbocycles.